The fraction of sp³-hybridized carbons (Fsp3) is 0.500. The Morgan fingerprint density at radius 1 is 1.33 bits per heavy atom. The van der Waals surface area contributed by atoms with Gasteiger partial charge in [-0.1, -0.05) is 12.1 Å². The number of nitrogens with zero attached hydrogens (tertiary/aromatic N) is 2. The molecule has 1 saturated heterocycles. The first kappa shape index (κ1) is 16.9. The molecule has 2 N–H and O–H groups in total. The number of hydrogen-bond donors (Lipinski definition) is 1. The average molecular weight is 345 g/mol. The quantitative estimate of drug-likeness (QED) is 0.905. The van der Waals surface area contributed by atoms with Crippen molar-refractivity contribution in [1.82, 2.24) is 9.88 Å². The number of amides is 2. The minimum atomic E-state index is -0.297. The van der Waals surface area contributed by atoms with E-state index in [0.29, 0.717) is 13.0 Å². The van der Waals surface area contributed by atoms with Crippen molar-refractivity contribution < 1.29 is 9.59 Å². The maximum absolute atomic E-state index is 12.5. The molecule has 0 radical (unpaired) electrons. The highest BCUT2D eigenvalue weighted by atomic mass is 32.1. The first-order chi connectivity index (χ1) is 11.5. The van der Waals surface area contributed by atoms with Crippen molar-refractivity contribution in [1.29, 1.82) is 0 Å². The maximum atomic E-state index is 12.5. The van der Waals surface area contributed by atoms with Crippen molar-refractivity contribution in [3.05, 3.63) is 29.3 Å². The van der Waals surface area contributed by atoms with E-state index in [2.05, 4.69) is 11.1 Å². The van der Waals surface area contributed by atoms with Crippen LogP contribution in [0.15, 0.2) is 24.3 Å². The SMILES string of the molecule is C[C@@H]1CC[C@@H](C(N)=O)CN1C(=O)CCCc1nc2ccccc2s1. The molecule has 1 aliphatic rings. The molecule has 5 nitrogen and oxygen atoms in total. The van der Waals surface area contributed by atoms with Gasteiger partial charge in [0.05, 0.1) is 21.1 Å². The Balaban J connectivity index is 1.53. The number of likely N-dealkylation sites (tertiary alicyclic amines) is 1. The molecular formula is C18H23N3O2S. The number of hydrogen-bond acceptors (Lipinski definition) is 4. The van der Waals surface area contributed by atoms with Crippen LogP contribution in [0.25, 0.3) is 10.2 Å². The van der Waals surface area contributed by atoms with E-state index in [9.17, 15) is 9.59 Å². The Morgan fingerprint density at radius 2 is 2.12 bits per heavy atom. The molecule has 2 atom stereocenters. The second kappa shape index (κ2) is 7.30. The Bertz CT molecular complexity index is 710. The van der Waals surface area contributed by atoms with Crippen LogP contribution in [0.5, 0.6) is 0 Å². The molecule has 0 unspecified atom stereocenters. The lowest BCUT2D eigenvalue weighted by Gasteiger charge is -2.37. The van der Waals surface area contributed by atoms with Crippen molar-refractivity contribution in [3.8, 4) is 0 Å². The van der Waals surface area contributed by atoms with Crippen molar-refractivity contribution in [2.45, 2.75) is 45.1 Å². The molecule has 1 aromatic heterocycles. The second-order valence-corrected chi connectivity index (χ2v) is 7.62. The number of primary amides is 1. The lowest BCUT2D eigenvalue weighted by atomic mass is 9.92. The van der Waals surface area contributed by atoms with Gasteiger partial charge in [0.25, 0.3) is 0 Å². The summed E-state index contributed by atoms with van der Waals surface area (Å²) in [6.07, 6.45) is 3.71. The van der Waals surface area contributed by atoms with Crippen LogP contribution in [0.4, 0.5) is 0 Å². The lowest BCUT2D eigenvalue weighted by molar-refractivity contribution is -0.137. The average Bonchev–Trinajstić information content (AvgIpc) is 2.97. The van der Waals surface area contributed by atoms with Crippen molar-refractivity contribution in [2.24, 2.45) is 11.7 Å². The van der Waals surface area contributed by atoms with Crippen LogP contribution in [0.2, 0.25) is 0 Å². The molecule has 6 heteroatoms. The number of rotatable bonds is 5. The Labute approximate surface area is 145 Å². The highest BCUT2D eigenvalue weighted by molar-refractivity contribution is 7.18. The lowest BCUT2D eigenvalue weighted by Crippen LogP contribution is -2.48. The predicted octanol–water partition coefficient (Wildman–Crippen LogP) is 2.73. The van der Waals surface area contributed by atoms with Gasteiger partial charge in [-0.3, -0.25) is 9.59 Å². The summed E-state index contributed by atoms with van der Waals surface area (Å²) < 4.78 is 1.19. The topological polar surface area (TPSA) is 76.3 Å². The van der Waals surface area contributed by atoms with Crippen LogP contribution >= 0.6 is 11.3 Å². The summed E-state index contributed by atoms with van der Waals surface area (Å²) in [6, 6.07) is 8.28. The summed E-state index contributed by atoms with van der Waals surface area (Å²) in [5.41, 5.74) is 6.43. The van der Waals surface area contributed by atoms with Gasteiger partial charge in [0.2, 0.25) is 11.8 Å². The van der Waals surface area contributed by atoms with Crippen molar-refractivity contribution in [3.63, 3.8) is 0 Å². The smallest absolute Gasteiger partial charge is 0.222 e. The number of benzene rings is 1. The number of carbonyl (C=O) groups is 2. The van der Waals surface area contributed by atoms with E-state index in [1.165, 1.54) is 4.70 Å². The summed E-state index contributed by atoms with van der Waals surface area (Å²) in [6.45, 7) is 2.51. The van der Waals surface area contributed by atoms with E-state index in [4.69, 9.17) is 5.73 Å². The zero-order valence-electron chi connectivity index (χ0n) is 13.9. The summed E-state index contributed by atoms with van der Waals surface area (Å²) in [4.78, 5) is 30.3. The largest absolute Gasteiger partial charge is 0.369 e. The fourth-order valence-corrected chi connectivity index (χ4v) is 4.26. The number of fused-ring (bicyclic) bond motifs is 1. The van der Waals surface area contributed by atoms with E-state index in [-0.39, 0.29) is 23.8 Å². The van der Waals surface area contributed by atoms with Crippen LogP contribution in [-0.2, 0) is 16.0 Å². The third-order valence-electron chi connectivity index (χ3n) is 4.72. The van der Waals surface area contributed by atoms with Crippen molar-refractivity contribution in [2.75, 3.05) is 6.54 Å². The van der Waals surface area contributed by atoms with E-state index in [1.807, 2.05) is 30.0 Å². The van der Waals surface area contributed by atoms with Gasteiger partial charge < -0.3 is 10.6 Å². The number of carbonyl (C=O) groups excluding carboxylic acids is 2. The van der Waals surface area contributed by atoms with Gasteiger partial charge in [-0.15, -0.1) is 11.3 Å². The molecule has 0 saturated carbocycles. The Hall–Kier alpha value is -1.95. The number of piperidine rings is 1. The van der Waals surface area contributed by atoms with Crippen LogP contribution in [0, 0.1) is 5.92 Å². The monoisotopic (exact) mass is 345 g/mol. The molecule has 24 heavy (non-hydrogen) atoms. The minimum absolute atomic E-state index is 0.120. The zero-order valence-corrected chi connectivity index (χ0v) is 14.7. The van der Waals surface area contributed by atoms with E-state index in [1.54, 1.807) is 11.3 Å². The molecule has 128 valence electrons. The van der Waals surface area contributed by atoms with Crippen LogP contribution < -0.4 is 5.73 Å². The van der Waals surface area contributed by atoms with E-state index < -0.39 is 0 Å². The summed E-state index contributed by atoms with van der Waals surface area (Å²) in [7, 11) is 0. The first-order valence-electron chi connectivity index (χ1n) is 8.48. The molecule has 1 fully saturated rings. The van der Waals surface area contributed by atoms with Crippen LogP contribution in [0.1, 0.15) is 37.6 Å². The summed E-state index contributed by atoms with van der Waals surface area (Å²) in [5.74, 6) is -0.377. The van der Waals surface area contributed by atoms with Crippen molar-refractivity contribution >= 4 is 33.4 Å². The third kappa shape index (κ3) is 3.75. The number of aryl methyl sites for hydroxylation is 1. The van der Waals surface area contributed by atoms with Gasteiger partial charge in [-0.25, -0.2) is 4.98 Å². The van der Waals surface area contributed by atoms with Gasteiger partial charge in [-0.05, 0) is 44.7 Å². The molecule has 2 aromatic rings. The minimum Gasteiger partial charge on any atom is -0.369 e. The molecule has 1 aromatic carbocycles. The first-order valence-corrected chi connectivity index (χ1v) is 9.29. The summed E-state index contributed by atoms with van der Waals surface area (Å²) >= 11 is 1.69. The molecule has 1 aliphatic heterocycles. The maximum Gasteiger partial charge on any atom is 0.222 e. The number of para-hydroxylation sites is 1. The van der Waals surface area contributed by atoms with E-state index >= 15 is 0 Å². The van der Waals surface area contributed by atoms with Gasteiger partial charge >= 0.3 is 0 Å². The number of nitrogens with two attached hydrogens (primary N) is 1. The normalized spacial score (nSPS) is 21.1. The molecule has 0 bridgehead atoms. The van der Waals surface area contributed by atoms with Gasteiger partial charge in [-0.2, -0.15) is 0 Å². The predicted molar refractivity (Wildman–Crippen MR) is 95.7 cm³/mol. The second-order valence-electron chi connectivity index (χ2n) is 6.50. The number of aromatic nitrogens is 1. The van der Waals surface area contributed by atoms with Gasteiger partial charge in [0.1, 0.15) is 0 Å². The van der Waals surface area contributed by atoms with E-state index in [0.717, 1.165) is 36.2 Å². The standard InChI is InChI=1S/C18H23N3O2S/c1-12-9-10-13(18(19)23)11-21(12)17(22)8-4-7-16-20-14-5-2-3-6-15(14)24-16/h2-3,5-6,12-13H,4,7-11H2,1H3,(H2,19,23)/t12-,13-/m1/s1. The molecule has 0 aliphatic carbocycles. The molecule has 3 rings (SSSR count). The highest BCUT2D eigenvalue weighted by Gasteiger charge is 2.31. The number of thiazole rings is 1. The summed E-state index contributed by atoms with van der Waals surface area (Å²) in [5, 5.41) is 1.07. The van der Waals surface area contributed by atoms with Gasteiger partial charge in [0, 0.05) is 19.0 Å². The Kier molecular flexibility index (Phi) is 5.14. The Morgan fingerprint density at radius 3 is 2.88 bits per heavy atom. The fourth-order valence-electron chi connectivity index (χ4n) is 3.25. The van der Waals surface area contributed by atoms with Crippen LogP contribution in [0.3, 0.4) is 0 Å². The molecular weight excluding hydrogens is 322 g/mol. The van der Waals surface area contributed by atoms with Gasteiger partial charge in [0.15, 0.2) is 0 Å². The highest BCUT2D eigenvalue weighted by Crippen LogP contribution is 2.25. The molecule has 0 spiro atoms. The molecule has 2 heterocycles. The van der Waals surface area contributed by atoms with Crippen LogP contribution in [-0.4, -0.2) is 34.3 Å². The third-order valence-corrected chi connectivity index (χ3v) is 5.82. The zero-order chi connectivity index (χ0) is 17.1. The molecule has 2 amide bonds.